The van der Waals surface area contributed by atoms with Crippen molar-refractivity contribution in [3.05, 3.63) is 41.5 Å². The number of ether oxygens (including phenoxy) is 1. The maximum atomic E-state index is 12.2. The van der Waals surface area contributed by atoms with Crippen LogP contribution < -0.4 is 10.6 Å². The Labute approximate surface area is 148 Å². The Kier molecular flexibility index (Phi) is 5.60. The molecule has 2 heterocycles. The summed E-state index contributed by atoms with van der Waals surface area (Å²) in [6.45, 7) is 5.48. The van der Waals surface area contributed by atoms with Crippen molar-refractivity contribution in [3.8, 4) is 0 Å². The molecular formula is C19H24N4O2. The van der Waals surface area contributed by atoms with Crippen molar-refractivity contribution in [1.82, 2.24) is 10.2 Å². The van der Waals surface area contributed by atoms with E-state index in [1.165, 1.54) is 5.56 Å². The number of aromatic nitrogens is 2. The van der Waals surface area contributed by atoms with Crippen LogP contribution in [0.1, 0.15) is 30.9 Å². The molecule has 6 nitrogen and oxygen atoms in total. The molecule has 1 aromatic heterocycles. The van der Waals surface area contributed by atoms with E-state index in [1.807, 2.05) is 6.07 Å². The third kappa shape index (κ3) is 4.33. The number of benzene rings is 1. The van der Waals surface area contributed by atoms with Crippen LogP contribution in [0.4, 0.5) is 17.3 Å². The van der Waals surface area contributed by atoms with Crippen LogP contribution >= 0.6 is 0 Å². The maximum Gasteiger partial charge on any atom is 0.228 e. The fourth-order valence-electron chi connectivity index (χ4n) is 2.98. The van der Waals surface area contributed by atoms with Crippen molar-refractivity contribution in [2.45, 2.75) is 33.1 Å². The van der Waals surface area contributed by atoms with Gasteiger partial charge in [0.05, 0.1) is 0 Å². The van der Waals surface area contributed by atoms with Gasteiger partial charge in [-0.1, -0.05) is 25.1 Å². The summed E-state index contributed by atoms with van der Waals surface area (Å²) < 4.78 is 5.28. The summed E-state index contributed by atoms with van der Waals surface area (Å²) in [5.74, 6) is 1.12. The Balaban J connectivity index is 1.65. The van der Waals surface area contributed by atoms with Crippen LogP contribution in [-0.2, 0) is 16.0 Å². The molecule has 3 rings (SSSR count). The molecule has 1 fully saturated rings. The molecule has 1 aliphatic heterocycles. The zero-order valence-electron chi connectivity index (χ0n) is 14.7. The number of hydrogen-bond acceptors (Lipinski definition) is 5. The van der Waals surface area contributed by atoms with Crippen LogP contribution in [0.5, 0.6) is 0 Å². The lowest BCUT2D eigenvalue weighted by atomic mass is 9.99. The van der Waals surface area contributed by atoms with Gasteiger partial charge in [0, 0.05) is 24.8 Å². The van der Waals surface area contributed by atoms with Crippen LogP contribution in [0.3, 0.4) is 0 Å². The van der Waals surface area contributed by atoms with Gasteiger partial charge in [-0.25, -0.2) is 0 Å². The molecule has 2 N–H and O–H groups in total. The highest BCUT2D eigenvalue weighted by molar-refractivity contribution is 5.91. The number of aryl methyl sites for hydroxylation is 2. The lowest BCUT2D eigenvalue weighted by Crippen LogP contribution is -2.28. The van der Waals surface area contributed by atoms with E-state index < -0.39 is 0 Å². The summed E-state index contributed by atoms with van der Waals surface area (Å²) in [5.41, 5.74) is 3.47. The number of amides is 1. The molecule has 1 aliphatic rings. The predicted octanol–water partition coefficient (Wildman–Crippen LogP) is 3.46. The van der Waals surface area contributed by atoms with Gasteiger partial charge < -0.3 is 15.4 Å². The van der Waals surface area contributed by atoms with E-state index in [-0.39, 0.29) is 11.8 Å². The first-order valence-corrected chi connectivity index (χ1v) is 8.75. The van der Waals surface area contributed by atoms with Gasteiger partial charge in [-0.3, -0.25) is 4.79 Å². The van der Waals surface area contributed by atoms with Gasteiger partial charge in [-0.05, 0) is 49.4 Å². The number of para-hydroxylation sites is 1. The summed E-state index contributed by atoms with van der Waals surface area (Å²) in [7, 11) is 0. The maximum absolute atomic E-state index is 12.2. The molecule has 0 unspecified atom stereocenters. The molecule has 0 atom stereocenters. The topological polar surface area (TPSA) is 76.1 Å². The van der Waals surface area contributed by atoms with E-state index in [2.05, 4.69) is 52.9 Å². The second kappa shape index (κ2) is 8.07. The highest BCUT2D eigenvalue weighted by Crippen LogP contribution is 2.24. The summed E-state index contributed by atoms with van der Waals surface area (Å²) >= 11 is 0. The van der Waals surface area contributed by atoms with E-state index in [9.17, 15) is 4.79 Å². The first kappa shape index (κ1) is 17.4. The highest BCUT2D eigenvalue weighted by Gasteiger charge is 2.21. The second-order valence-electron chi connectivity index (χ2n) is 6.27. The molecule has 0 aliphatic carbocycles. The molecule has 1 saturated heterocycles. The molecule has 25 heavy (non-hydrogen) atoms. The normalized spacial score (nSPS) is 15.0. The molecule has 2 aromatic rings. The Bertz CT molecular complexity index is 725. The van der Waals surface area contributed by atoms with E-state index >= 15 is 0 Å². The second-order valence-corrected chi connectivity index (χ2v) is 6.27. The smallest absolute Gasteiger partial charge is 0.228 e. The molecule has 1 amide bonds. The van der Waals surface area contributed by atoms with Gasteiger partial charge in [0.1, 0.15) is 0 Å². The van der Waals surface area contributed by atoms with Crippen LogP contribution in [0.25, 0.3) is 0 Å². The Morgan fingerprint density at radius 1 is 1.16 bits per heavy atom. The molecule has 6 heteroatoms. The standard InChI is InChI=1S/C19H24N4O2/c1-3-14-6-4-5-13(2)18(14)20-16-7-8-17(23-22-16)21-19(24)15-9-11-25-12-10-15/h4-8,15H,3,9-12H2,1-2H3,(H,20,22)(H,21,23,24). The van der Waals surface area contributed by atoms with Crippen molar-refractivity contribution in [3.63, 3.8) is 0 Å². The number of carbonyl (C=O) groups is 1. The Hall–Kier alpha value is -2.47. The van der Waals surface area contributed by atoms with E-state index in [0.717, 1.165) is 30.5 Å². The van der Waals surface area contributed by atoms with Crippen LogP contribution in [0, 0.1) is 12.8 Å². The summed E-state index contributed by atoms with van der Waals surface area (Å²) in [4.78, 5) is 12.2. The predicted molar refractivity (Wildman–Crippen MR) is 98.0 cm³/mol. The van der Waals surface area contributed by atoms with Gasteiger partial charge in [0.25, 0.3) is 0 Å². The number of anilines is 3. The third-order valence-electron chi connectivity index (χ3n) is 4.50. The molecular weight excluding hydrogens is 316 g/mol. The molecule has 0 saturated carbocycles. The highest BCUT2D eigenvalue weighted by atomic mass is 16.5. The van der Waals surface area contributed by atoms with Gasteiger partial charge in [0.15, 0.2) is 11.6 Å². The summed E-state index contributed by atoms with van der Waals surface area (Å²) in [6, 6.07) is 9.83. The third-order valence-corrected chi connectivity index (χ3v) is 4.50. The van der Waals surface area contributed by atoms with Gasteiger partial charge in [-0.15, -0.1) is 10.2 Å². The van der Waals surface area contributed by atoms with Crippen LogP contribution in [-0.4, -0.2) is 29.3 Å². The van der Waals surface area contributed by atoms with E-state index in [1.54, 1.807) is 6.07 Å². The number of carbonyl (C=O) groups excluding carboxylic acids is 1. The van der Waals surface area contributed by atoms with Crippen LogP contribution in [0.15, 0.2) is 30.3 Å². The van der Waals surface area contributed by atoms with E-state index in [0.29, 0.717) is 24.8 Å². The minimum absolute atomic E-state index is 0.00701. The number of hydrogen-bond donors (Lipinski definition) is 2. The van der Waals surface area contributed by atoms with Gasteiger partial charge >= 0.3 is 0 Å². The first-order valence-electron chi connectivity index (χ1n) is 8.75. The SMILES string of the molecule is CCc1cccc(C)c1Nc1ccc(NC(=O)C2CCOCC2)nn1. The average molecular weight is 340 g/mol. The fraction of sp³-hybridized carbons (Fsp3) is 0.421. The average Bonchev–Trinajstić information content (AvgIpc) is 2.65. The molecule has 0 bridgehead atoms. The lowest BCUT2D eigenvalue weighted by molar-refractivity contribution is -0.122. The summed E-state index contributed by atoms with van der Waals surface area (Å²) in [5, 5.41) is 14.5. The minimum atomic E-state index is -0.00881. The summed E-state index contributed by atoms with van der Waals surface area (Å²) in [6.07, 6.45) is 2.45. The Morgan fingerprint density at radius 3 is 2.56 bits per heavy atom. The number of nitrogens with one attached hydrogen (secondary N) is 2. The molecule has 1 aromatic carbocycles. The number of rotatable bonds is 5. The lowest BCUT2D eigenvalue weighted by Gasteiger charge is -2.20. The van der Waals surface area contributed by atoms with Crippen molar-refractivity contribution in [2.75, 3.05) is 23.8 Å². The number of nitrogens with zero attached hydrogens (tertiary/aromatic N) is 2. The van der Waals surface area contributed by atoms with Crippen LogP contribution in [0.2, 0.25) is 0 Å². The van der Waals surface area contributed by atoms with Crippen molar-refractivity contribution >= 4 is 23.2 Å². The van der Waals surface area contributed by atoms with Gasteiger partial charge in [-0.2, -0.15) is 0 Å². The molecule has 132 valence electrons. The fourth-order valence-corrected chi connectivity index (χ4v) is 2.98. The zero-order valence-corrected chi connectivity index (χ0v) is 14.7. The Morgan fingerprint density at radius 2 is 1.88 bits per heavy atom. The minimum Gasteiger partial charge on any atom is -0.381 e. The zero-order chi connectivity index (χ0) is 17.6. The van der Waals surface area contributed by atoms with E-state index in [4.69, 9.17) is 4.74 Å². The largest absolute Gasteiger partial charge is 0.381 e. The quantitative estimate of drug-likeness (QED) is 0.872. The first-order chi connectivity index (χ1) is 12.2. The van der Waals surface area contributed by atoms with Crippen molar-refractivity contribution in [2.24, 2.45) is 5.92 Å². The van der Waals surface area contributed by atoms with Gasteiger partial charge in [0.2, 0.25) is 5.91 Å². The monoisotopic (exact) mass is 340 g/mol. The molecule has 0 radical (unpaired) electrons. The molecule has 0 spiro atoms. The van der Waals surface area contributed by atoms with Crippen molar-refractivity contribution in [1.29, 1.82) is 0 Å². The van der Waals surface area contributed by atoms with Crippen molar-refractivity contribution < 1.29 is 9.53 Å².